The first-order chi connectivity index (χ1) is 14.2. The maximum Gasteiger partial charge on any atom is 0.242 e. The van der Waals surface area contributed by atoms with Crippen molar-refractivity contribution in [3.63, 3.8) is 0 Å². The minimum Gasteiger partial charge on any atom is -0.350 e. The van der Waals surface area contributed by atoms with Crippen molar-refractivity contribution in [1.29, 1.82) is 0 Å². The van der Waals surface area contributed by atoms with Crippen LogP contribution in [0, 0.1) is 5.41 Å². The molecule has 0 bridgehead atoms. The van der Waals surface area contributed by atoms with Crippen LogP contribution < -0.4 is 16.4 Å². The highest BCUT2D eigenvalue weighted by Gasteiger charge is 2.25. The fraction of sp³-hybridized carbons (Fsp3) is 0.500. The van der Waals surface area contributed by atoms with E-state index in [2.05, 4.69) is 20.7 Å². The van der Waals surface area contributed by atoms with Crippen molar-refractivity contribution in [3.05, 3.63) is 41.4 Å². The fourth-order valence-electron chi connectivity index (χ4n) is 2.88. The molecule has 0 aliphatic carbocycles. The molecule has 1 aromatic heterocycles. The van der Waals surface area contributed by atoms with E-state index >= 15 is 0 Å². The standard InChI is InChI=1S/C20H29ClN6O2/c1-5-16(26-18(28)15(22)9-20(2,3)4)19(29)24-10-13-8-14(21)6-7-17(13)27-12-23-11-25-27/h6-8,11-12,15-16H,5,9-10,22H2,1-4H3,(H,24,29)(H,26,28)/t15-,16-/m0/s1/i2D. The van der Waals surface area contributed by atoms with Gasteiger partial charge < -0.3 is 16.4 Å². The van der Waals surface area contributed by atoms with Crippen LogP contribution >= 0.6 is 11.6 Å². The maximum atomic E-state index is 12.7. The first-order valence-corrected chi connectivity index (χ1v) is 9.81. The molecule has 1 aromatic carbocycles. The van der Waals surface area contributed by atoms with E-state index in [4.69, 9.17) is 18.7 Å². The summed E-state index contributed by atoms with van der Waals surface area (Å²) in [5, 5.41) is 10.2. The molecule has 0 aliphatic heterocycles. The average Bonchev–Trinajstić information content (AvgIpc) is 3.24. The first kappa shape index (κ1) is 21.3. The number of amides is 2. The number of halogens is 1. The summed E-state index contributed by atoms with van der Waals surface area (Å²) >= 11 is 6.11. The molecule has 0 saturated heterocycles. The first-order valence-electron chi connectivity index (χ1n) is 10.1. The van der Waals surface area contributed by atoms with Gasteiger partial charge in [0.05, 0.1) is 11.7 Å². The molecule has 0 aliphatic rings. The molecule has 8 nitrogen and oxygen atoms in total. The number of hydrogen-bond donors (Lipinski definition) is 3. The van der Waals surface area contributed by atoms with Crippen molar-refractivity contribution in [3.8, 4) is 5.69 Å². The van der Waals surface area contributed by atoms with Gasteiger partial charge in [-0.3, -0.25) is 9.59 Å². The van der Waals surface area contributed by atoms with Crippen molar-refractivity contribution in [2.75, 3.05) is 0 Å². The van der Waals surface area contributed by atoms with Crippen molar-refractivity contribution in [2.24, 2.45) is 11.1 Å². The Bertz CT molecular complexity index is 859. The van der Waals surface area contributed by atoms with E-state index in [0.29, 0.717) is 17.9 Å². The van der Waals surface area contributed by atoms with Crippen LogP contribution in [0.3, 0.4) is 0 Å². The Hall–Kier alpha value is -2.45. The van der Waals surface area contributed by atoms with Gasteiger partial charge in [-0.15, -0.1) is 0 Å². The molecule has 0 unspecified atom stereocenters. The van der Waals surface area contributed by atoms with E-state index in [-0.39, 0.29) is 24.8 Å². The lowest BCUT2D eigenvalue weighted by Gasteiger charge is -2.24. The van der Waals surface area contributed by atoms with Gasteiger partial charge in [0.15, 0.2) is 0 Å². The Kier molecular flexibility index (Phi) is 7.22. The van der Waals surface area contributed by atoms with Crippen molar-refractivity contribution >= 4 is 23.4 Å². The predicted octanol–water partition coefficient (Wildman–Crippen LogP) is 2.20. The molecule has 9 heteroatoms. The highest BCUT2D eigenvalue weighted by Crippen LogP contribution is 2.20. The zero-order valence-electron chi connectivity index (χ0n) is 18.0. The Morgan fingerprint density at radius 2 is 2.14 bits per heavy atom. The molecule has 2 rings (SSSR count). The van der Waals surface area contributed by atoms with Gasteiger partial charge >= 0.3 is 0 Å². The lowest BCUT2D eigenvalue weighted by molar-refractivity contribution is -0.130. The average molecular weight is 422 g/mol. The Morgan fingerprint density at radius 3 is 2.76 bits per heavy atom. The SMILES string of the molecule is [2H]CC(C)(C)C[C@H](N)C(=O)N[C@@H](CC)C(=O)NCc1cc(Cl)ccc1-n1cncn1. The van der Waals surface area contributed by atoms with Gasteiger partial charge in [0.2, 0.25) is 11.8 Å². The molecule has 2 atom stereocenters. The van der Waals surface area contributed by atoms with Crippen LogP contribution in [0.1, 0.15) is 47.4 Å². The number of nitrogens with two attached hydrogens (primary N) is 1. The van der Waals surface area contributed by atoms with Crippen LogP contribution in [0.25, 0.3) is 5.69 Å². The molecular weight excluding hydrogens is 392 g/mol. The van der Waals surface area contributed by atoms with Crippen molar-refractivity contribution in [2.45, 2.75) is 59.1 Å². The van der Waals surface area contributed by atoms with Crippen LogP contribution in [0.5, 0.6) is 0 Å². The second-order valence-electron chi connectivity index (χ2n) is 7.78. The number of carbonyl (C=O) groups excluding carboxylic acids is 2. The fourth-order valence-corrected chi connectivity index (χ4v) is 3.07. The van der Waals surface area contributed by atoms with E-state index in [9.17, 15) is 9.59 Å². The topological polar surface area (TPSA) is 115 Å². The number of nitrogens with one attached hydrogen (secondary N) is 2. The van der Waals surface area contributed by atoms with Gasteiger partial charge in [-0.2, -0.15) is 5.10 Å². The molecular formula is C20H29ClN6O2. The van der Waals surface area contributed by atoms with Gasteiger partial charge in [-0.25, -0.2) is 9.67 Å². The van der Waals surface area contributed by atoms with E-state index in [0.717, 1.165) is 11.3 Å². The predicted molar refractivity (Wildman–Crippen MR) is 112 cm³/mol. The molecule has 0 spiro atoms. The Balaban J connectivity index is 2.01. The summed E-state index contributed by atoms with van der Waals surface area (Å²) in [6.07, 6.45) is 3.76. The molecule has 2 aromatic rings. The van der Waals surface area contributed by atoms with Crippen LogP contribution in [-0.2, 0) is 16.1 Å². The lowest BCUT2D eigenvalue weighted by atomic mass is 9.88. The molecule has 0 saturated carbocycles. The summed E-state index contributed by atoms with van der Waals surface area (Å²) < 4.78 is 9.12. The van der Waals surface area contributed by atoms with Crippen LogP contribution in [0.4, 0.5) is 0 Å². The van der Waals surface area contributed by atoms with Crippen molar-refractivity contribution < 1.29 is 11.0 Å². The third-order valence-corrected chi connectivity index (χ3v) is 4.55. The molecule has 158 valence electrons. The largest absolute Gasteiger partial charge is 0.350 e. The highest BCUT2D eigenvalue weighted by atomic mass is 35.5. The highest BCUT2D eigenvalue weighted by molar-refractivity contribution is 6.30. The maximum absolute atomic E-state index is 12.7. The monoisotopic (exact) mass is 421 g/mol. The van der Waals surface area contributed by atoms with Crippen LogP contribution in [0.2, 0.25) is 5.02 Å². The summed E-state index contributed by atoms with van der Waals surface area (Å²) in [7, 11) is 0. The molecule has 1 heterocycles. The number of benzene rings is 1. The van der Waals surface area contributed by atoms with E-state index in [1.807, 2.05) is 20.8 Å². The minimum absolute atomic E-state index is 0.166. The Morgan fingerprint density at radius 1 is 1.38 bits per heavy atom. The minimum atomic E-state index is -0.779. The molecule has 2 amide bonds. The quantitative estimate of drug-likeness (QED) is 0.604. The van der Waals surface area contributed by atoms with Crippen molar-refractivity contribution in [1.82, 2.24) is 25.4 Å². The second kappa shape index (κ2) is 9.84. The van der Waals surface area contributed by atoms with E-state index in [1.165, 1.54) is 6.33 Å². The zero-order chi connectivity index (χ0) is 22.3. The van der Waals surface area contributed by atoms with Gasteiger partial charge in [0, 0.05) is 12.9 Å². The summed E-state index contributed by atoms with van der Waals surface area (Å²) in [5.41, 5.74) is 7.12. The molecule has 0 radical (unpaired) electrons. The summed E-state index contributed by atoms with van der Waals surface area (Å²) in [4.78, 5) is 29.0. The van der Waals surface area contributed by atoms with Gasteiger partial charge in [-0.1, -0.05) is 39.3 Å². The third-order valence-electron chi connectivity index (χ3n) is 4.31. The summed E-state index contributed by atoms with van der Waals surface area (Å²) in [6, 6.07) is 3.79. The number of rotatable bonds is 8. The third kappa shape index (κ3) is 6.83. The van der Waals surface area contributed by atoms with E-state index < -0.39 is 18.0 Å². The Labute approximate surface area is 177 Å². The van der Waals surface area contributed by atoms with Gasteiger partial charge in [0.25, 0.3) is 0 Å². The number of carbonyl (C=O) groups is 2. The molecule has 29 heavy (non-hydrogen) atoms. The van der Waals surface area contributed by atoms with Crippen LogP contribution in [0.15, 0.2) is 30.9 Å². The molecule has 4 N–H and O–H groups in total. The number of hydrogen-bond acceptors (Lipinski definition) is 5. The smallest absolute Gasteiger partial charge is 0.242 e. The normalized spacial score (nSPS) is 14.0. The number of aromatic nitrogens is 3. The van der Waals surface area contributed by atoms with Gasteiger partial charge in [0.1, 0.15) is 18.7 Å². The second-order valence-corrected chi connectivity index (χ2v) is 8.21. The summed E-state index contributed by atoms with van der Waals surface area (Å²) in [6.45, 7) is 5.95. The van der Waals surface area contributed by atoms with E-state index in [1.54, 1.807) is 29.2 Å². The van der Waals surface area contributed by atoms with Crippen LogP contribution in [-0.4, -0.2) is 38.7 Å². The lowest BCUT2D eigenvalue weighted by Crippen LogP contribution is -2.51. The molecule has 0 fully saturated rings. The summed E-state index contributed by atoms with van der Waals surface area (Å²) in [5.74, 6) is -0.716. The zero-order valence-corrected chi connectivity index (χ0v) is 17.7. The number of nitrogens with zero attached hydrogens (tertiary/aromatic N) is 3. The van der Waals surface area contributed by atoms with Gasteiger partial charge in [-0.05, 0) is 42.0 Å².